The molecule has 9 heteroatoms. The van der Waals surface area contributed by atoms with Gasteiger partial charge in [0.15, 0.2) is 0 Å². The number of ether oxygens (including phenoxy) is 1. The summed E-state index contributed by atoms with van der Waals surface area (Å²) in [6.45, 7) is 5.34. The van der Waals surface area contributed by atoms with Crippen molar-refractivity contribution in [2.24, 2.45) is 5.41 Å². The highest BCUT2D eigenvalue weighted by Crippen LogP contribution is 2.42. The quantitative estimate of drug-likeness (QED) is 0.374. The molecule has 0 saturated carbocycles. The summed E-state index contributed by atoms with van der Waals surface area (Å²) in [4.78, 5) is 26.6. The molecule has 1 amide bonds. The molecule has 0 radical (unpaired) electrons. The first-order valence-electron chi connectivity index (χ1n) is 13.3. The van der Waals surface area contributed by atoms with Crippen LogP contribution >= 0.6 is 0 Å². The van der Waals surface area contributed by atoms with Crippen LogP contribution in [-0.4, -0.2) is 56.0 Å². The second-order valence-electron chi connectivity index (χ2n) is 11.3. The van der Waals surface area contributed by atoms with Gasteiger partial charge in [-0.25, -0.2) is 13.6 Å². The van der Waals surface area contributed by atoms with Crippen molar-refractivity contribution in [3.05, 3.63) is 96.6 Å². The molecule has 40 heavy (non-hydrogen) atoms. The highest BCUT2D eigenvalue weighted by molar-refractivity contribution is 6.99. The molecule has 0 aromatic heterocycles. The number of amides is 1. The summed E-state index contributed by atoms with van der Waals surface area (Å²) in [5.41, 5.74) is -1.77. The van der Waals surface area contributed by atoms with Crippen LogP contribution in [0.2, 0.25) is 5.04 Å². The molecule has 1 heterocycles. The molecule has 0 bridgehead atoms. The van der Waals surface area contributed by atoms with Gasteiger partial charge in [0.2, 0.25) is 0 Å². The topological polar surface area (TPSA) is 76.1 Å². The zero-order chi connectivity index (χ0) is 29.0. The van der Waals surface area contributed by atoms with Gasteiger partial charge >= 0.3 is 12.1 Å². The van der Waals surface area contributed by atoms with Gasteiger partial charge in [-0.1, -0.05) is 112 Å². The van der Waals surface area contributed by atoms with E-state index < -0.39 is 56.3 Å². The van der Waals surface area contributed by atoms with Crippen LogP contribution in [0.25, 0.3) is 0 Å². The van der Waals surface area contributed by atoms with Gasteiger partial charge in [0.1, 0.15) is 12.0 Å². The van der Waals surface area contributed by atoms with E-state index in [9.17, 15) is 23.5 Å². The van der Waals surface area contributed by atoms with Crippen LogP contribution in [0, 0.1) is 5.41 Å². The molecule has 1 fully saturated rings. The van der Waals surface area contributed by atoms with Crippen LogP contribution in [0.5, 0.6) is 0 Å². The van der Waals surface area contributed by atoms with Crippen LogP contribution in [0.4, 0.5) is 13.6 Å². The average Bonchev–Trinajstić information content (AvgIpc) is 2.95. The second-order valence-corrected chi connectivity index (χ2v) is 15.5. The van der Waals surface area contributed by atoms with E-state index in [-0.39, 0.29) is 13.2 Å². The SMILES string of the molecule is CC(C)(C)[Si](OC1CN(C(=O)OCc2ccccc2)CC(C(=O)O)(C(F)F)C1)(c1ccccc1)c1ccccc1. The number of aliphatic carboxylic acids is 1. The molecule has 1 aliphatic heterocycles. The fraction of sp³-hybridized carbons (Fsp3) is 0.355. The van der Waals surface area contributed by atoms with Gasteiger partial charge in [-0.2, -0.15) is 0 Å². The molecular formula is C31H35F2NO5Si. The minimum absolute atomic E-state index is 0.0643. The number of carbonyl (C=O) groups is 2. The maximum Gasteiger partial charge on any atom is 0.410 e. The maximum absolute atomic E-state index is 14.6. The Kier molecular flexibility index (Phi) is 8.75. The van der Waals surface area contributed by atoms with Crippen molar-refractivity contribution in [3.8, 4) is 0 Å². The standard InChI is InChI=1S/C31H35F2NO5Si/c1-30(2,3)40(25-15-9-5-10-16-25,26-17-11-6-12-18-26)39-24-19-31(27(32)33,28(35)36)22-34(20-24)29(37)38-21-23-13-7-4-8-14-23/h4-18,24,27H,19-22H2,1-3H3,(H,35,36). The summed E-state index contributed by atoms with van der Waals surface area (Å²) < 4.78 is 41.6. The normalized spacial score (nSPS) is 19.9. The molecule has 1 N–H and O–H groups in total. The largest absolute Gasteiger partial charge is 0.481 e. The Morgan fingerprint density at radius 3 is 1.90 bits per heavy atom. The molecule has 1 aliphatic rings. The Morgan fingerprint density at radius 2 is 1.45 bits per heavy atom. The number of carbonyl (C=O) groups excluding carboxylic acids is 1. The molecule has 212 valence electrons. The lowest BCUT2D eigenvalue weighted by Crippen LogP contribution is -2.70. The summed E-state index contributed by atoms with van der Waals surface area (Å²) in [7, 11) is -3.22. The van der Waals surface area contributed by atoms with E-state index in [0.29, 0.717) is 0 Å². The van der Waals surface area contributed by atoms with Crippen molar-refractivity contribution in [1.29, 1.82) is 0 Å². The molecule has 0 spiro atoms. The van der Waals surface area contributed by atoms with Gasteiger partial charge < -0.3 is 19.2 Å². The van der Waals surface area contributed by atoms with Crippen LogP contribution in [-0.2, 0) is 20.6 Å². The molecule has 4 rings (SSSR count). The van der Waals surface area contributed by atoms with Crippen molar-refractivity contribution >= 4 is 30.8 Å². The smallest absolute Gasteiger partial charge is 0.410 e. The van der Waals surface area contributed by atoms with Crippen LogP contribution in [0.3, 0.4) is 0 Å². The Bertz CT molecular complexity index is 1250. The van der Waals surface area contributed by atoms with Crippen molar-refractivity contribution in [1.82, 2.24) is 4.90 Å². The number of piperidine rings is 1. The van der Waals surface area contributed by atoms with Gasteiger partial charge in [-0.15, -0.1) is 0 Å². The predicted molar refractivity (Wildman–Crippen MR) is 151 cm³/mol. The van der Waals surface area contributed by atoms with E-state index in [2.05, 4.69) is 0 Å². The highest BCUT2D eigenvalue weighted by atomic mass is 28.4. The third-order valence-corrected chi connectivity index (χ3v) is 12.6. The molecule has 3 aromatic rings. The number of hydrogen-bond acceptors (Lipinski definition) is 4. The number of hydrogen-bond donors (Lipinski definition) is 1. The molecular weight excluding hydrogens is 532 g/mol. The minimum atomic E-state index is -3.22. The van der Waals surface area contributed by atoms with Gasteiger partial charge in [0.05, 0.1) is 6.10 Å². The number of likely N-dealkylation sites (tertiary alicyclic amines) is 1. The van der Waals surface area contributed by atoms with Gasteiger partial charge in [0.25, 0.3) is 14.7 Å². The first-order chi connectivity index (χ1) is 19.0. The van der Waals surface area contributed by atoms with Crippen molar-refractivity contribution in [2.75, 3.05) is 13.1 Å². The van der Waals surface area contributed by atoms with Gasteiger partial charge in [0, 0.05) is 13.1 Å². The first kappa shape index (κ1) is 29.4. The van der Waals surface area contributed by atoms with E-state index in [0.717, 1.165) is 20.8 Å². The summed E-state index contributed by atoms with van der Waals surface area (Å²) in [5, 5.41) is 11.5. The molecule has 1 saturated heterocycles. The summed E-state index contributed by atoms with van der Waals surface area (Å²) in [5.74, 6) is -1.67. The fourth-order valence-electron chi connectivity index (χ4n) is 5.56. The minimum Gasteiger partial charge on any atom is -0.481 e. The number of rotatable bonds is 8. The lowest BCUT2D eigenvalue weighted by atomic mass is 9.79. The highest BCUT2D eigenvalue weighted by Gasteiger charge is 2.58. The number of carboxylic acid groups (broad SMARTS) is 1. The van der Waals surface area contributed by atoms with Crippen LogP contribution in [0.15, 0.2) is 91.0 Å². The lowest BCUT2D eigenvalue weighted by molar-refractivity contribution is -0.169. The predicted octanol–water partition coefficient (Wildman–Crippen LogP) is 5.31. The van der Waals surface area contributed by atoms with Gasteiger partial charge in [-0.3, -0.25) is 4.79 Å². The van der Waals surface area contributed by atoms with Crippen molar-refractivity contribution in [3.63, 3.8) is 0 Å². The van der Waals surface area contributed by atoms with Crippen molar-refractivity contribution in [2.45, 2.75) is 51.4 Å². The number of alkyl halides is 2. The Hall–Kier alpha value is -3.56. The number of halogens is 2. The van der Waals surface area contributed by atoms with Crippen LogP contribution in [0.1, 0.15) is 32.8 Å². The summed E-state index contributed by atoms with van der Waals surface area (Å²) in [6, 6.07) is 28.3. The molecule has 2 atom stereocenters. The van der Waals surface area contributed by atoms with Gasteiger partial charge in [-0.05, 0) is 27.4 Å². The number of nitrogens with zero attached hydrogens (tertiary/aromatic N) is 1. The lowest BCUT2D eigenvalue weighted by Gasteiger charge is -2.49. The monoisotopic (exact) mass is 567 g/mol. The second kappa shape index (κ2) is 11.9. The van der Waals surface area contributed by atoms with E-state index in [4.69, 9.17) is 9.16 Å². The Morgan fingerprint density at radius 1 is 0.950 bits per heavy atom. The number of benzene rings is 3. The van der Waals surface area contributed by atoms with Crippen molar-refractivity contribution < 1.29 is 32.6 Å². The van der Waals surface area contributed by atoms with E-state index >= 15 is 0 Å². The van der Waals surface area contributed by atoms with E-state index in [1.807, 2.05) is 87.5 Å². The first-order valence-corrected chi connectivity index (χ1v) is 15.2. The third-order valence-electron chi connectivity index (χ3n) is 7.56. The maximum atomic E-state index is 14.6. The zero-order valence-corrected chi connectivity index (χ0v) is 23.9. The Balaban J connectivity index is 1.75. The van der Waals surface area contributed by atoms with Crippen LogP contribution < -0.4 is 10.4 Å². The molecule has 0 aliphatic carbocycles. The molecule has 2 unspecified atom stereocenters. The molecule has 6 nitrogen and oxygen atoms in total. The van der Waals surface area contributed by atoms with E-state index in [1.165, 1.54) is 0 Å². The summed E-state index contributed by atoms with van der Waals surface area (Å²) >= 11 is 0. The molecule has 3 aromatic carbocycles. The Labute approximate surface area is 234 Å². The zero-order valence-electron chi connectivity index (χ0n) is 22.9. The third kappa shape index (κ3) is 5.81. The fourth-order valence-corrected chi connectivity index (χ4v) is 10.2. The number of carboxylic acids is 1. The summed E-state index contributed by atoms with van der Waals surface area (Å²) in [6.07, 6.45) is -5.49. The average molecular weight is 568 g/mol. The van der Waals surface area contributed by atoms with E-state index in [1.54, 1.807) is 24.3 Å².